The molecule has 1 amide bonds. The molecule has 1 unspecified atom stereocenters. The van der Waals surface area contributed by atoms with Crippen LogP contribution >= 0.6 is 34.3 Å². The van der Waals surface area contributed by atoms with Crippen LogP contribution in [0, 0.1) is 5.92 Å². The summed E-state index contributed by atoms with van der Waals surface area (Å²) in [5.74, 6) is 0.202. The summed E-state index contributed by atoms with van der Waals surface area (Å²) < 4.78 is 28.7. The number of amides is 1. The van der Waals surface area contributed by atoms with Gasteiger partial charge in [0, 0.05) is 34.4 Å². The number of nitrogens with zero attached hydrogens (tertiary/aromatic N) is 3. The normalized spacial score (nSPS) is 17.2. The number of sulfonamides is 1. The second kappa shape index (κ2) is 8.55. The number of thiophene rings is 1. The van der Waals surface area contributed by atoms with Crippen molar-refractivity contribution in [1.29, 1.82) is 0 Å². The summed E-state index contributed by atoms with van der Waals surface area (Å²) in [6.07, 6.45) is 2.54. The van der Waals surface area contributed by atoms with E-state index >= 15 is 0 Å². The second-order valence-corrected chi connectivity index (χ2v) is 12.3. The van der Waals surface area contributed by atoms with Gasteiger partial charge in [-0.1, -0.05) is 31.5 Å². The molecule has 1 atom stereocenters. The summed E-state index contributed by atoms with van der Waals surface area (Å²) in [7, 11) is -3.75. The van der Waals surface area contributed by atoms with Gasteiger partial charge in [0.2, 0.25) is 5.91 Å². The molecule has 1 saturated heterocycles. The fourth-order valence-electron chi connectivity index (χ4n) is 3.64. The smallest absolute Gasteiger partial charge is 0.253 e. The first-order valence-electron chi connectivity index (χ1n) is 9.64. The number of carbonyl (C=O) groups excluding carboxylic acids is 1. The molecule has 2 aromatic heterocycles. The lowest BCUT2D eigenvalue weighted by Crippen LogP contribution is -2.53. The van der Waals surface area contributed by atoms with Crippen LogP contribution in [0.3, 0.4) is 0 Å². The molecule has 0 saturated carbocycles. The van der Waals surface area contributed by atoms with Crippen molar-refractivity contribution >= 4 is 60.3 Å². The van der Waals surface area contributed by atoms with Crippen molar-refractivity contribution in [3.05, 3.63) is 45.9 Å². The largest absolute Gasteiger partial charge is 0.331 e. The highest BCUT2D eigenvalue weighted by Crippen LogP contribution is 2.35. The molecule has 6 nitrogen and oxygen atoms in total. The van der Waals surface area contributed by atoms with Crippen LogP contribution in [0.5, 0.6) is 0 Å². The van der Waals surface area contributed by atoms with Crippen LogP contribution in [0.25, 0.3) is 10.1 Å². The number of halogens is 1. The number of fused-ring (bicyclic) bond motifs is 1. The average Bonchev–Trinajstić information content (AvgIpc) is 3.36. The number of rotatable bonds is 6. The van der Waals surface area contributed by atoms with Gasteiger partial charge in [-0.05, 0) is 35.9 Å². The topological polar surface area (TPSA) is 70.6 Å². The Morgan fingerprint density at radius 2 is 2.03 bits per heavy atom. The number of benzene rings is 1. The highest BCUT2D eigenvalue weighted by atomic mass is 35.5. The molecule has 3 aromatic rings. The molecule has 0 radical (unpaired) electrons. The van der Waals surface area contributed by atoms with Gasteiger partial charge >= 0.3 is 0 Å². The van der Waals surface area contributed by atoms with E-state index in [1.165, 1.54) is 27.0 Å². The molecule has 0 spiro atoms. The van der Waals surface area contributed by atoms with Crippen molar-refractivity contribution < 1.29 is 13.2 Å². The molecule has 4 rings (SSSR count). The zero-order chi connectivity index (χ0) is 21.5. The number of thiazole rings is 1. The van der Waals surface area contributed by atoms with E-state index in [9.17, 15) is 13.2 Å². The minimum atomic E-state index is -3.75. The highest BCUT2D eigenvalue weighted by Gasteiger charge is 2.37. The van der Waals surface area contributed by atoms with E-state index in [1.54, 1.807) is 35.4 Å². The maximum Gasteiger partial charge on any atom is 0.253 e. The van der Waals surface area contributed by atoms with E-state index in [0.717, 1.165) is 21.5 Å². The third-order valence-corrected chi connectivity index (χ3v) is 9.59. The quantitative estimate of drug-likeness (QED) is 0.512. The molecule has 1 aliphatic heterocycles. The van der Waals surface area contributed by atoms with E-state index in [1.807, 2.05) is 5.38 Å². The van der Waals surface area contributed by atoms with Gasteiger partial charge in [-0.3, -0.25) is 4.79 Å². The van der Waals surface area contributed by atoms with Gasteiger partial charge in [-0.2, -0.15) is 4.31 Å². The van der Waals surface area contributed by atoms with Crippen LogP contribution in [0.15, 0.2) is 40.1 Å². The molecule has 30 heavy (non-hydrogen) atoms. The van der Waals surface area contributed by atoms with E-state index in [0.29, 0.717) is 17.5 Å². The lowest BCUT2D eigenvalue weighted by atomic mass is 10.0. The van der Waals surface area contributed by atoms with Gasteiger partial charge < -0.3 is 4.90 Å². The van der Waals surface area contributed by atoms with Gasteiger partial charge in [-0.15, -0.1) is 22.7 Å². The number of aromatic nitrogens is 1. The Morgan fingerprint density at radius 3 is 2.70 bits per heavy atom. The van der Waals surface area contributed by atoms with Gasteiger partial charge in [-0.25, -0.2) is 13.4 Å². The Morgan fingerprint density at radius 1 is 1.23 bits per heavy atom. The number of piperazine rings is 1. The van der Waals surface area contributed by atoms with Gasteiger partial charge in [0.15, 0.2) is 0 Å². The van der Waals surface area contributed by atoms with Crippen molar-refractivity contribution in [3.63, 3.8) is 0 Å². The molecule has 160 valence electrons. The molecule has 0 bridgehead atoms. The second-order valence-electron chi connectivity index (χ2n) is 7.69. The SMILES string of the molecule is CC(C)CC(c1nccs1)N1CCN(S(=O)(=O)c2cc3ccc(Cl)cc3s2)CC1=O. The van der Waals surface area contributed by atoms with Crippen LogP contribution in [0.2, 0.25) is 5.02 Å². The summed E-state index contributed by atoms with van der Waals surface area (Å²) >= 11 is 8.74. The van der Waals surface area contributed by atoms with Crippen molar-refractivity contribution in [2.45, 2.75) is 30.5 Å². The van der Waals surface area contributed by atoms with Crippen LogP contribution in [0.4, 0.5) is 0 Å². The van der Waals surface area contributed by atoms with E-state index in [4.69, 9.17) is 11.6 Å². The lowest BCUT2D eigenvalue weighted by molar-refractivity contribution is -0.137. The van der Waals surface area contributed by atoms with Gasteiger partial charge in [0.25, 0.3) is 10.0 Å². The maximum absolute atomic E-state index is 13.2. The third-order valence-electron chi connectivity index (χ3n) is 5.08. The molecule has 1 fully saturated rings. The fraction of sp³-hybridized carbons (Fsp3) is 0.400. The minimum Gasteiger partial charge on any atom is -0.331 e. The Kier molecular flexibility index (Phi) is 6.18. The van der Waals surface area contributed by atoms with Crippen LogP contribution in [0.1, 0.15) is 31.3 Å². The monoisotopic (exact) mass is 483 g/mol. The van der Waals surface area contributed by atoms with Gasteiger partial charge in [0.05, 0.1) is 12.6 Å². The molecule has 10 heteroatoms. The summed E-state index contributed by atoms with van der Waals surface area (Å²) in [6, 6.07) is 6.84. The maximum atomic E-state index is 13.2. The first-order chi connectivity index (χ1) is 14.3. The predicted molar refractivity (Wildman–Crippen MR) is 122 cm³/mol. The third kappa shape index (κ3) is 4.27. The van der Waals surface area contributed by atoms with E-state index in [-0.39, 0.29) is 29.2 Å². The molecular formula is C20H22ClN3O3S3. The van der Waals surface area contributed by atoms with Crippen LogP contribution in [-0.4, -0.2) is 48.1 Å². The van der Waals surface area contributed by atoms with E-state index in [2.05, 4.69) is 18.8 Å². The molecule has 3 heterocycles. The van der Waals surface area contributed by atoms with Crippen molar-refractivity contribution in [2.75, 3.05) is 19.6 Å². The number of hydrogen-bond donors (Lipinski definition) is 0. The molecular weight excluding hydrogens is 462 g/mol. The van der Waals surface area contributed by atoms with E-state index < -0.39 is 10.0 Å². The summed E-state index contributed by atoms with van der Waals surface area (Å²) in [6.45, 7) is 4.69. The summed E-state index contributed by atoms with van der Waals surface area (Å²) in [5.41, 5.74) is 0. The lowest BCUT2D eigenvalue weighted by Gasteiger charge is -2.38. The number of hydrogen-bond acceptors (Lipinski definition) is 6. The van der Waals surface area contributed by atoms with Crippen LogP contribution < -0.4 is 0 Å². The molecule has 0 N–H and O–H groups in total. The Labute approximate surface area is 189 Å². The zero-order valence-corrected chi connectivity index (χ0v) is 19.8. The van der Waals surface area contributed by atoms with Gasteiger partial charge in [0.1, 0.15) is 9.22 Å². The molecule has 1 aliphatic rings. The Hall–Kier alpha value is -1.52. The summed E-state index contributed by atoms with van der Waals surface area (Å²) in [4.78, 5) is 19.2. The molecule has 1 aromatic carbocycles. The zero-order valence-electron chi connectivity index (χ0n) is 16.6. The fourth-order valence-corrected chi connectivity index (χ4v) is 7.61. The van der Waals surface area contributed by atoms with Crippen molar-refractivity contribution in [3.8, 4) is 0 Å². The van der Waals surface area contributed by atoms with Crippen molar-refractivity contribution in [2.24, 2.45) is 5.92 Å². The van der Waals surface area contributed by atoms with Crippen molar-refractivity contribution in [1.82, 2.24) is 14.2 Å². The highest BCUT2D eigenvalue weighted by molar-refractivity contribution is 7.91. The summed E-state index contributed by atoms with van der Waals surface area (Å²) in [5, 5.41) is 4.19. The Bertz CT molecular complexity index is 1160. The standard InChI is InChI=1S/C20H22ClN3O3S3/c1-13(2)9-16(20-22-5-8-28-20)24-7-6-23(12-18(24)25)30(26,27)19-10-14-3-4-15(21)11-17(14)29-19/h3-5,8,10-11,13,16H,6-7,9,12H2,1-2H3. The molecule has 0 aliphatic carbocycles. The minimum absolute atomic E-state index is 0.117. The first-order valence-corrected chi connectivity index (χ1v) is 13.1. The average molecular weight is 484 g/mol. The predicted octanol–water partition coefficient (Wildman–Crippen LogP) is 4.63. The Balaban J connectivity index is 1.56. The first kappa shape index (κ1) is 21.7. The van der Waals surface area contributed by atoms with Crippen LogP contribution in [-0.2, 0) is 14.8 Å². The number of carbonyl (C=O) groups is 1.